The maximum Gasteiger partial charge on any atom is 0.419 e. The van der Waals surface area contributed by atoms with Crippen LogP contribution in [-0.2, 0) is 6.18 Å². The molecule has 0 saturated heterocycles. The molecule has 0 aliphatic heterocycles. The summed E-state index contributed by atoms with van der Waals surface area (Å²) in [4.78, 5) is 8.11. The standard InChI is InChI=1S/C14H22F3N5S/c1-3-18-13(22-9-10-23-2)21-8-7-20-12-11(14(15,16)17)5-4-6-19-12/h4-6H,3,7-10H2,1-2H3,(H,19,20)(H2,18,21,22). The molecular weight excluding hydrogens is 327 g/mol. The van der Waals surface area contributed by atoms with Crippen molar-refractivity contribution >= 4 is 23.5 Å². The Morgan fingerprint density at radius 2 is 2.09 bits per heavy atom. The molecule has 0 aliphatic carbocycles. The molecule has 0 amide bonds. The minimum absolute atomic E-state index is 0.161. The Morgan fingerprint density at radius 3 is 2.74 bits per heavy atom. The molecule has 0 radical (unpaired) electrons. The molecule has 0 aliphatic rings. The van der Waals surface area contributed by atoms with E-state index in [2.05, 4.69) is 25.9 Å². The maximum absolute atomic E-state index is 12.8. The van der Waals surface area contributed by atoms with Gasteiger partial charge in [-0.05, 0) is 25.3 Å². The fourth-order valence-electron chi connectivity index (χ4n) is 1.73. The fourth-order valence-corrected chi connectivity index (χ4v) is 2.00. The average molecular weight is 349 g/mol. The summed E-state index contributed by atoms with van der Waals surface area (Å²) in [7, 11) is 0. The second kappa shape index (κ2) is 10.2. The van der Waals surface area contributed by atoms with Gasteiger partial charge in [0, 0.05) is 31.6 Å². The number of nitrogens with zero attached hydrogens (tertiary/aromatic N) is 2. The first-order valence-corrected chi connectivity index (χ1v) is 8.65. The summed E-state index contributed by atoms with van der Waals surface area (Å²) in [6.07, 6.45) is -1.08. The van der Waals surface area contributed by atoms with Crippen LogP contribution in [0.1, 0.15) is 12.5 Å². The summed E-state index contributed by atoms with van der Waals surface area (Å²) in [5.41, 5.74) is -0.763. The first-order valence-electron chi connectivity index (χ1n) is 7.26. The van der Waals surface area contributed by atoms with E-state index >= 15 is 0 Å². The van der Waals surface area contributed by atoms with Crippen LogP contribution in [0.15, 0.2) is 23.3 Å². The number of nitrogens with one attached hydrogen (secondary N) is 3. The molecule has 3 N–H and O–H groups in total. The highest BCUT2D eigenvalue weighted by Gasteiger charge is 2.33. The van der Waals surface area contributed by atoms with Crippen LogP contribution in [0.4, 0.5) is 19.0 Å². The molecule has 1 rings (SSSR count). The van der Waals surface area contributed by atoms with Crippen molar-refractivity contribution in [1.29, 1.82) is 0 Å². The van der Waals surface area contributed by atoms with Crippen molar-refractivity contribution in [3.63, 3.8) is 0 Å². The van der Waals surface area contributed by atoms with Gasteiger partial charge in [-0.15, -0.1) is 0 Å². The topological polar surface area (TPSA) is 61.3 Å². The van der Waals surface area contributed by atoms with Crippen LogP contribution >= 0.6 is 11.8 Å². The summed E-state index contributed by atoms with van der Waals surface area (Å²) in [6.45, 7) is 4.08. The number of alkyl halides is 3. The quantitative estimate of drug-likeness (QED) is 0.382. The number of hydrogen-bond acceptors (Lipinski definition) is 4. The van der Waals surface area contributed by atoms with Crippen molar-refractivity contribution in [2.45, 2.75) is 13.1 Å². The molecule has 5 nitrogen and oxygen atoms in total. The number of hydrogen-bond donors (Lipinski definition) is 3. The zero-order chi connectivity index (χ0) is 17.1. The highest BCUT2D eigenvalue weighted by molar-refractivity contribution is 7.98. The molecule has 0 unspecified atom stereocenters. The van der Waals surface area contributed by atoms with Crippen LogP contribution in [-0.4, -0.2) is 49.1 Å². The highest BCUT2D eigenvalue weighted by atomic mass is 32.2. The number of halogens is 3. The van der Waals surface area contributed by atoms with Gasteiger partial charge >= 0.3 is 6.18 Å². The number of aromatic nitrogens is 1. The summed E-state index contributed by atoms with van der Waals surface area (Å²) in [5, 5.41) is 8.85. The van der Waals surface area contributed by atoms with Gasteiger partial charge in [-0.1, -0.05) is 0 Å². The number of anilines is 1. The highest BCUT2D eigenvalue weighted by Crippen LogP contribution is 2.33. The summed E-state index contributed by atoms with van der Waals surface area (Å²) in [6, 6.07) is 2.28. The smallest absolute Gasteiger partial charge is 0.368 e. The Hall–Kier alpha value is -1.64. The lowest BCUT2D eigenvalue weighted by Crippen LogP contribution is -2.39. The average Bonchev–Trinajstić information content (AvgIpc) is 2.51. The van der Waals surface area contributed by atoms with Gasteiger partial charge in [0.1, 0.15) is 5.82 Å². The molecule has 0 saturated carbocycles. The third-order valence-corrected chi connectivity index (χ3v) is 3.32. The van der Waals surface area contributed by atoms with Crippen molar-refractivity contribution in [3.8, 4) is 0 Å². The zero-order valence-corrected chi connectivity index (χ0v) is 14.0. The van der Waals surface area contributed by atoms with Crippen LogP contribution in [0.3, 0.4) is 0 Å². The molecule has 23 heavy (non-hydrogen) atoms. The molecule has 0 atom stereocenters. The molecule has 1 aromatic rings. The second-order valence-electron chi connectivity index (χ2n) is 4.50. The van der Waals surface area contributed by atoms with Gasteiger partial charge in [-0.3, -0.25) is 4.99 Å². The van der Waals surface area contributed by atoms with Gasteiger partial charge < -0.3 is 16.0 Å². The van der Waals surface area contributed by atoms with Crippen molar-refractivity contribution < 1.29 is 13.2 Å². The van der Waals surface area contributed by atoms with Gasteiger partial charge in [0.15, 0.2) is 5.96 Å². The lowest BCUT2D eigenvalue weighted by atomic mass is 10.2. The van der Waals surface area contributed by atoms with E-state index in [4.69, 9.17) is 0 Å². The van der Waals surface area contributed by atoms with E-state index in [1.807, 2.05) is 13.2 Å². The first-order chi connectivity index (χ1) is 11.0. The van der Waals surface area contributed by atoms with Crippen molar-refractivity contribution in [2.75, 3.05) is 43.5 Å². The van der Waals surface area contributed by atoms with Crippen LogP contribution in [0, 0.1) is 0 Å². The van der Waals surface area contributed by atoms with E-state index in [1.165, 1.54) is 12.3 Å². The summed E-state index contributed by atoms with van der Waals surface area (Å²) < 4.78 is 38.5. The van der Waals surface area contributed by atoms with Crippen LogP contribution < -0.4 is 16.0 Å². The largest absolute Gasteiger partial charge is 0.419 e. The van der Waals surface area contributed by atoms with Crippen LogP contribution in [0.5, 0.6) is 0 Å². The second-order valence-corrected chi connectivity index (χ2v) is 5.49. The Kier molecular flexibility index (Phi) is 8.60. The molecule has 0 aromatic carbocycles. The SMILES string of the molecule is CCNC(=NCCSC)NCCNc1ncccc1C(F)(F)F. The van der Waals surface area contributed by atoms with Gasteiger partial charge in [0.05, 0.1) is 12.1 Å². The van der Waals surface area contributed by atoms with Gasteiger partial charge in [0.2, 0.25) is 0 Å². The summed E-state index contributed by atoms with van der Waals surface area (Å²) >= 11 is 1.70. The zero-order valence-electron chi connectivity index (χ0n) is 13.2. The molecule has 9 heteroatoms. The molecule has 0 spiro atoms. The van der Waals surface area contributed by atoms with Crippen LogP contribution in [0.2, 0.25) is 0 Å². The van der Waals surface area contributed by atoms with Crippen molar-refractivity contribution in [2.24, 2.45) is 4.99 Å². The number of pyridine rings is 1. The lowest BCUT2D eigenvalue weighted by molar-refractivity contribution is -0.137. The van der Waals surface area contributed by atoms with Gasteiger partial charge in [-0.2, -0.15) is 24.9 Å². The Morgan fingerprint density at radius 1 is 1.30 bits per heavy atom. The van der Waals surface area contributed by atoms with E-state index in [0.29, 0.717) is 25.6 Å². The number of rotatable bonds is 8. The van der Waals surface area contributed by atoms with E-state index in [0.717, 1.165) is 18.4 Å². The lowest BCUT2D eigenvalue weighted by Gasteiger charge is -2.14. The normalized spacial score (nSPS) is 12.1. The molecule has 0 bridgehead atoms. The first kappa shape index (κ1) is 19.4. The third kappa shape index (κ3) is 7.45. The fraction of sp³-hybridized carbons (Fsp3) is 0.571. The molecule has 130 valence electrons. The predicted molar refractivity (Wildman–Crippen MR) is 90.1 cm³/mol. The maximum atomic E-state index is 12.8. The Bertz CT molecular complexity index is 494. The van der Waals surface area contributed by atoms with E-state index in [9.17, 15) is 13.2 Å². The monoisotopic (exact) mass is 349 g/mol. The Balaban J connectivity index is 2.49. The summed E-state index contributed by atoms with van der Waals surface area (Å²) in [5.74, 6) is 1.41. The van der Waals surface area contributed by atoms with Gasteiger partial charge in [0.25, 0.3) is 0 Å². The number of aliphatic imine (C=N–C) groups is 1. The molecule has 1 aromatic heterocycles. The van der Waals surface area contributed by atoms with Gasteiger partial charge in [-0.25, -0.2) is 4.98 Å². The van der Waals surface area contributed by atoms with Crippen LogP contribution in [0.25, 0.3) is 0 Å². The van der Waals surface area contributed by atoms with E-state index in [1.54, 1.807) is 11.8 Å². The minimum atomic E-state index is -4.42. The number of thioether (sulfide) groups is 1. The number of guanidine groups is 1. The minimum Gasteiger partial charge on any atom is -0.368 e. The van der Waals surface area contributed by atoms with E-state index in [-0.39, 0.29) is 5.82 Å². The van der Waals surface area contributed by atoms with E-state index < -0.39 is 11.7 Å². The molecular formula is C14H22F3N5S. The Labute approximate surface area is 138 Å². The predicted octanol–water partition coefficient (Wildman–Crippen LogP) is 2.43. The third-order valence-electron chi connectivity index (χ3n) is 2.73. The van der Waals surface area contributed by atoms with Crippen molar-refractivity contribution in [1.82, 2.24) is 15.6 Å². The van der Waals surface area contributed by atoms with Crippen molar-refractivity contribution in [3.05, 3.63) is 23.9 Å². The molecule has 1 heterocycles. The molecule has 0 fully saturated rings.